The Bertz CT molecular complexity index is 208. The maximum absolute atomic E-state index is 11.1. The van der Waals surface area contributed by atoms with E-state index >= 15 is 0 Å². The van der Waals surface area contributed by atoms with Gasteiger partial charge in [0.1, 0.15) is 18.5 Å². The quantitative estimate of drug-likeness (QED) is 0.456. The Labute approximate surface area is 83.6 Å². The molecule has 0 N–H and O–H groups in total. The van der Waals surface area contributed by atoms with Crippen molar-refractivity contribution in [2.24, 2.45) is 0 Å². The Hall–Kier alpha value is -0.900. The lowest BCUT2D eigenvalue weighted by molar-refractivity contribution is -0.145. The highest BCUT2D eigenvalue weighted by Gasteiger charge is 2.24. The summed E-state index contributed by atoms with van der Waals surface area (Å²) in [6, 6.07) is 0. The van der Waals surface area contributed by atoms with Gasteiger partial charge in [-0.1, -0.05) is 6.92 Å². The molecule has 1 aliphatic heterocycles. The standard InChI is InChI=1S/C10H16O4/c1-2-3-8(11)4-5-10(12)14-7-9-6-13-9/h9H,2-7H2,1H3. The number of carbonyl (C=O) groups excluding carboxylic acids is 2. The summed E-state index contributed by atoms with van der Waals surface area (Å²) < 4.78 is 9.76. The fourth-order valence-electron chi connectivity index (χ4n) is 1.07. The Balaban J connectivity index is 1.98. The number of carbonyl (C=O) groups is 2. The molecule has 1 unspecified atom stereocenters. The van der Waals surface area contributed by atoms with Crippen LogP contribution >= 0.6 is 0 Å². The normalized spacial score (nSPS) is 19.1. The number of rotatable bonds is 7. The Morgan fingerprint density at radius 3 is 2.64 bits per heavy atom. The van der Waals surface area contributed by atoms with Gasteiger partial charge in [-0.2, -0.15) is 0 Å². The number of esters is 1. The SMILES string of the molecule is CCCC(=O)CCC(=O)OCC1CO1. The van der Waals surface area contributed by atoms with Gasteiger partial charge in [-0.15, -0.1) is 0 Å². The number of epoxide rings is 1. The van der Waals surface area contributed by atoms with E-state index in [9.17, 15) is 9.59 Å². The highest BCUT2D eigenvalue weighted by molar-refractivity contribution is 5.82. The van der Waals surface area contributed by atoms with Crippen LogP contribution < -0.4 is 0 Å². The predicted molar refractivity (Wildman–Crippen MR) is 49.8 cm³/mol. The highest BCUT2D eigenvalue weighted by Crippen LogP contribution is 2.09. The minimum absolute atomic E-state index is 0.102. The van der Waals surface area contributed by atoms with Gasteiger partial charge in [0.2, 0.25) is 0 Å². The Morgan fingerprint density at radius 1 is 1.36 bits per heavy atom. The molecule has 1 fully saturated rings. The van der Waals surface area contributed by atoms with E-state index in [2.05, 4.69) is 0 Å². The van der Waals surface area contributed by atoms with E-state index in [1.807, 2.05) is 6.92 Å². The van der Waals surface area contributed by atoms with Crippen molar-refractivity contribution in [1.29, 1.82) is 0 Å². The van der Waals surface area contributed by atoms with Crippen molar-refractivity contribution in [2.45, 2.75) is 38.7 Å². The number of ketones is 1. The van der Waals surface area contributed by atoms with E-state index in [0.717, 1.165) is 6.42 Å². The van der Waals surface area contributed by atoms with Crippen molar-refractivity contribution in [1.82, 2.24) is 0 Å². The zero-order valence-corrected chi connectivity index (χ0v) is 8.45. The molecule has 4 nitrogen and oxygen atoms in total. The van der Waals surface area contributed by atoms with Gasteiger partial charge in [-0.05, 0) is 6.42 Å². The van der Waals surface area contributed by atoms with Crippen molar-refractivity contribution < 1.29 is 19.1 Å². The van der Waals surface area contributed by atoms with Gasteiger partial charge < -0.3 is 9.47 Å². The molecule has 14 heavy (non-hydrogen) atoms. The molecule has 4 heteroatoms. The van der Waals surface area contributed by atoms with Gasteiger partial charge >= 0.3 is 5.97 Å². The van der Waals surface area contributed by atoms with Crippen LogP contribution in [0.15, 0.2) is 0 Å². The topological polar surface area (TPSA) is 55.9 Å². The summed E-state index contributed by atoms with van der Waals surface area (Å²) in [7, 11) is 0. The monoisotopic (exact) mass is 200 g/mol. The summed E-state index contributed by atoms with van der Waals surface area (Å²) in [6.07, 6.45) is 2.00. The van der Waals surface area contributed by atoms with Crippen LogP contribution in [-0.4, -0.2) is 31.1 Å². The van der Waals surface area contributed by atoms with Crippen molar-refractivity contribution in [3.8, 4) is 0 Å². The molecule has 1 rings (SSSR count). The largest absolute Gasteiger partial charge is 0.463 e. The fraction of sp³-hybridized carbons (Fsp3) is 0.800. The molecule has 0 spiro atoms. The molecule has 0 aromatic carbocycles. The minimum atomic E-state index is -0.301. The lowest BCUT2D eigenvalue weighted by Gasteiger charge is -2.01. The number of Topliss-reactive ketones (excluding diaryl/α,β-unsaturated/α-hetero) is 1. The molecule has 0 radical (unpaired) electrons. The van der Waals surface area contributed by atoms with Gasteiger partial charge in [0.15, 0.2) is 0 Å². The maximum Gasteiger partial charge on any atom is 0.306 e. The fourth-order valence-corrected chi connectivity index (χ4v) is 1.07. The smallest absolute Gasteiger partial charge is 0.306 e. The minimum Gasteiger partial charge on any atom is -0.463 e. The summed E-state index contributed by atoms with van der Waals surface area (Å²) in [4.78, 5) is 22.1. The summed E-state index contributed by atoms with van der Waals surface area (Å²) >= 11 is 0. The number of ether oxygens (including phenoxy) is 2. The molecule has 0 bridgehead atoms. The second-order valence-electron chi connectivity index (χ2n) is 3.43. The van der Waals surface area contributed by atoms with E-state index in [0.29, 0.717) is 26.1 Å². The Kier molecular flexibility index (Phi) is 4.59. The summed E-state index contributed by atoms with van der Waals surface area (Å²) in [6.45, 7) is 2.96. The average Bonchev–Trinajstić information content (AvgIpc) is 2.95. The van der Waals surface area contributed by atoms with Crippen molar-refractivity contribution in [3.63, 3.8) is 0 Å². The van der Waals surface area contributed by atoms with Crippen molar-refractivity contribution >= 4 is 11.8 Å². The van der Waals surface area contributed by atoms with Crippen LogP contribution in [0.4, 0.5) is 0 Å². The second-order valence-corrected chi connectivity index (χ2v) is 3.43. The van der Waals surface area contributed by atoms with Gasteiger partial charge in [0.25, 0.3) is 0 Å². The molecule has 1 aliphatic rings. The summed E-state index contributed by atoms with van der Waals surface area (Å²) in [5.74, 6) is -0.169. The van der Waals surface area contributed by atoms with Crippen LogP contribution in [0.25, 0.3) is 0 Å². The van der Waals surface area contributed by atoms with Crippen LogP contribution in [0.2, 0.25) is 0 Å². The summed E-state index contributed by atoms with van der Waals surface area (Å²) in [5, 5.41) is 0. The zero-order valence-electron chi connectivity index (χ0n) is 8.45. The lowest BCUT2D eigenvalue weighted by Crippen LogP contribution is -2.11. The second kappa shape index (κ2) is 5.75. The van der Waals surface area contributed by atoms with E-state index in [1.54, 1.807) is 0 Å². The molecule has 0 aliphatic carbocycles. The third-order valence-corrected chi connectivity index (χ3v) is 1.97. The maximum atomic E-state index is 11.1. The van der Waals surface area contributed by atoms with Gasteiger partial charge in [-0.25, -0.2) is 0 Å². The van der Waals surface area contributed by atoms with Crippen LogP contribution in [0, 0.1) is 0 Å². The molecule has 80 valence electrons. The van der Waals surface area contributed by atoms with Gasteiger partial charge in [0.05, 0.1) is 13.0 Å². The first-order chi connectivity index (χ1) is 6.72. The van der Waals surface area contributed by atoms with E-state index in [-0.39, 0.29) is 24.3 Å². The van der Waals surface area contributed by atoms with E-state index in [1.165, 1.54) is 0 Å². The van der Waals surface area contributed by atoms with Gasteiger partial charge in [0, 0.05) is 12.8 Å². The lowest BCUT2D eigenvalue weighted by atomic mass is 10.1. The molecular formula is C10H16O4. The first-order valence-electron chi connectivity index (χ1n) is 5.01. The zero-order chi connectivity index (χ0) is 10.4. The number of hydrogen-bond donors (Lipinski definition) is 0. The van der Waals surface area contributed by atoms with Crippen LogP contribution in [0.3, 0.4) is 0 Å². The van der Waals surface area contributed by atoms with E-state index in [4.69, 9.17) is 9.47 Å². The van der Waals surface area contributed by atoms with Crippen LogP contribution in [-0.2, 0) is 19.1 Å². The molecule has 1 saturated heterocycles. The molecular weight excluding hydrogens is 184 g/mol. The van der Waals surface area contributed by atoms with Crippen molar-refractivity contribution in [3.05, 3.63) is 0 Å². The average molecular weight is 200 g/mol. The summed E-state index contributed by atoms with van der Waals surface area (Å²) in [5.41, 5.74) is 0. The van der Waals surface area contributed by atoms with Crippen LogP contribution in [0.1, 0.15) is 32.6 Å². The molecule has 0 aromatic heterocycles. The number of hydrogen-bond acceptors (Lipinski definition) is 4. The molecule has 0 saturated carbocycles. The first-order valence-corrected chi connectivity index (χ1v) is 5.01. The third kappa shape index (κ3) is 4.97. The molecule has 1 atom stereocenters. The van der Waals surface area contributed by atoms with E-state index < -0.39 is 0 Å². The third-order valence-electron chi connectivity index (χ3n) is 1.97. The molecule has 0 amide bonds. The van der Waals surface area contributed by atoms with Gasteiger partial charge in [-0.3, -0.25) is 9.59 Å². The Morgan fingerprint density at radius 2 is 2.07 bits per heavy atom. The van der Waals surface area contributed by atoms with Crippen LogP contribution in [0.5, 0.6) is 0 Å². The predicted octanol–water partition coefficient (Wildman–Crippen LogP) is 1.08. The first kappa shape index (κ1) is 11.2. The molecule has 1 heterocycles. The molecule has 0 aromatic rings. The highest BCUT2D eigenvalue weighted by atomic mass is 16.6. The van der Waals surface area contributed by atoms with Crippen molar-refractivity contribution in [2.75, 3.05) is 13.2 Å².